The van der Waals surface area contributed by atoms with E-state index in [9.17, 15) is 9.18 Å². The molecule has 144 valence electrons. The molecular weight excluding hydrogens is 335 g/mol. The van der Waals surface area contributed by atoms with Gasteiger partial charge >= 0.3 is 0 Å². The summed E-state index contributed by atoms with van der Waals surface area (Å²) < 4.78 is 18.5. The van der Waals surface area contributed by atoms with Crippen LogP contribution in [0.25, 0.3) is 0 Å². The lowest BCUT2D eigenvalue weighted by Crippen LogP contribution is -2.54. The molecule has 1 aromatic carbocycles. The Morgan fingerprint density at radius 3 is 2.62 bits per heavy atom. The van der Waals surface area contributed by atoms with E-state index in [1.54, 1.807) is 12.1 Å². The fourth-order valence-electron chi connectivity index (χ4n) is 3.56. The number of hydrogen-bond acceptors (Lipinski definition) is 5. The molecule has 3 rings (SSSR count). The minimum Gasteiger partial charge on any atom is -0.492 e. The Morgan fingerprint density at radius 1 is 1.19 bits per heavy atom. The molecule has 0 radical (unpaired) electrons. The number of amides is 1. The molecule has 1 aromatic rings. The van der Waals surface area contributed by atoms with Crippen LogP contribution in [0.5, 0.6) is 5.75 Å². The van der Waals surface area contributed by atoms with E-state index in [0.29, 0.717) is 18.4 Å². The number of carbonyl (C=O) groups is 1. The van der Waals surface area contributed by atoms with Gasteiger partial charge in [-0.2, -0.15) is 0 Å². The molecule has 0 spiro atoms. The topological polar surface area (TPSA) is 56.8 Å². The van der Waals surface area contributed by atoms with E-state index in [1.165, 1.54) is 12.1 Å². The molecule has 0 aliphatic carbocycles. The molecule has 2 atom stereocenters. The summed E-state index contributed by atoms with van der Waals surface area (Å²) in [6.07, 6.45) is 3.09. The molecule has 2 aliphatic rings. The van der Waals surface area contributed by atoms with Crippen LogP contribution in [0.4, 0.5) is 4.39 Å². The second-order valence-electron chi connectivity index (χ2n) is 7.03. The molecule has 1 amide bonds. The lowest BCUT2D eigenvalue weighted by atomic mass is 10.1. The summed E-state index contributed by atoms with van der Waals surface area (Å²) in [6, 6.07) is 6.38. The number of nitrogens with one attached hydrogen (secondary N) is 2. The summed E-state index contributed by atoms with van der Waals surface area (Å²) >= 11 is 0. The van der Waals surface area contributed by atoms with Crippen LogP contribution in [0.15, 0.2) is 24.3 Å². The molecular formula is C19H29FN4O2. The third-order valence-electron chi connectivity index (χ3n) is 5.09. The average Bonchev–Trinajstić information content (AvgIpc) is 3.12. The van der Waals surface area contributed by atoms with Crippen molar-refractivity contribution in [2.45, 2.75) is 38.3 Å². The minimum atomic E-state index is -0.258. The van der Waals surface area contributed by atoms with Crippen molar-refractivity contribution in [2.24, 2.45) is 0 Å². The molecule has 2 aliphatic heterocycles. The van der Waals surface area contributed by atoms with Crippen molar-refractivity contribution >= 4 is 5.91 Å². The molecule has 26 heavy (non-hydrogen) atoms. The van der Waals surface area contributed by atoms with Crippen LogP contribution in [0.3, 0.4) is 0 Å². The van der Waals surface area contributed by atoms with Gasteiger partial charge in [0.05, 0.1) is 0 Å². The van der Waals surface area contributed by atoms with Gasteiger partial charge in [-0.05, 0) is 37.1 Å². The number of ether oxygens (including phenoxy) is 1. The van der Waals surface area contributed by atoms with E-state index in [0.717, 1.165) is 52.0 Å². The molecule has 2 unspecified atom stereocenters. The molecule has 2 heterocycles. The lowest BCUT2D eigenvalue weighted by molar-refractivity contribution is -0.135. The second-order valence-corrected chi connectivity index (χ2v) is 7.03. The number of hydrogen-bond donors (Lipinski definition) is 2. The predicted molar refractivity (Wildman–Crippen MR) is 98.3 cm³/mol. The summed E-state index contributed by atoms with van der Waals surface area (Å²) in [5, 5.41) is 0. The van der Waals surface area contributed by atoms with Gasteiger partial charge < -0.3 is 9.64 Å². The predicted octanol–water partition coefficient (Wildman–Crippen LogP) is 1.38. The second kappa shape index (κ2) is 9.30. The van der Waals surface area contributed by atoms with E-state index < -0.39 is 0 Å². The average molecular weight is 364 g/mol. The van der Waals surface area contributed by atoms with Crippen molar-refractivity contribution < 1.29 is 13.9 Å². The third-order valence-corrected chi connectivity index (χ3v) is 5.09. The Labute approximate surface area is 154 Å². The van der Waals surface area contributed by atoms with E-state index in [-0.39, 0.29) is 17.8 Å². The molecule has 6 nitrogen and oxygen atoms in total. The maximum absolute atomic E-state index is 12.9. The maximum atomic E-state index is 12.9. The first-order valence-electron chi connectivity index (χ1n) is 9.56. The maximum Gasteiger partial charge on any atom is 0.241 e. The lowest BCUT2D eigenvalue weighted by Gasteiger charge is -2.35. The van der Waals surface area contributed by atoms with Crippen LogP contribution < -0.4 is 15.6 Å². The van der Waals surface area contributed by atoms with E-state index in [1.807, 2.05) is 4.90 Å². The normalized spacial score (nSPS) is 24.0. The SMILES string of the molecule is CCCC1CC(C(=O)N2CCN(CCOc3ccc(F)cc3)CC2)NN1. The standard InChI is InChI=1S/C19H29FN4O2/c1-2-3-16-14-18(22-21-16)19(25)24-10-8-23(9-11-24)12-13-26-17-6-4-15(20)5-7-17/h4-7,16,18,21-22H,2-3,8-14H2,1H3. The Kier molecular flexibility index (Phi) is 6.82. The smallest absolute Gasteiger partial charge is 0.241 e. The van der Waals surface area contributed by atoms with Crippen molar-refractivity contribution in [1.82, 2.24) is 20.7 Å². The summed E-state index contributed by atoms with van der Waals surface area (Å²) in [4.78, 5) is 16.9. The van der Waals surface area contributed by atoms with Gasteiger partial charge in [0, 0.05) is 38.8 Å². The van der Waals surface area contributed by atoms with E-state index >= 15 is 0 Å². The molecule has 0 aromatic heterocycles. The zero-order valence-corrected chi connectivity index (χ0v) is 15.4. The van der Waals surface area contributed by atoms with Crippen LogP contribution in [-0.4, -0.2) is 67.1 Å². The fourth-order valence-corrected chi connectivity index (χ4v) is 3.56. The molecule has 0 bridgehead atoms. The molecule has 2 fully saturated rings. The van der Waals surface area contributed by atoms with Crippen LogP contribution in [0.2, 0.25) is 0 Å². The van der Waals surface area contributed by atoms with Gasteiger partial charge in [-0.25, -0.2) is 9.82 Å². The molecule has 2 saturated heterocycles. The Balaban J connectivity index is 1.35. The summed E-state index contributed by atoms with van der Waals surface area (Å²) in [6.45, 7) is 6.76. The number of hydrazine groups is 1. The summed E-state index contributed by atoms with van der Waals surface area (Å²) in [5.74, 6) is 0.631. The quantitative estimate of drug-likeness (QED) is 0.766. The first-order chi connectivity index (χ1) is 12.7. The highest BCUT2D eigenvalue weighted by Gasteiger charge is 2.32. The van der Waals surface area contributed by atoms with Gasteiger partial charge in [-0.1, -0.05) is 13.3 Å². The largest absolute Gasteiger partial charge is 0.492 e. The number of benzene rings is 1. The van der Waals surface area contributed by atoms with Gasteiger partial charge in [0.15, 0.2) is 0 Å². The number of carbonyl (C=O) groups excluding carboxylic acids is 1. The van der Waals surface area contributed by atoms with Gasteiger partial charge in [0.2, 0.25) is 5.91 Å². The zero-order chi connectivity index (χ0) is 18.4. The van der Waals surface area contributed by atoms with Crippen molar-refractivity contribution in [3.63, 3.8) is 0 Å². The summed E-state index contributed by atoms with van der Waals surface area (Å²) in [7, 11) is 0. The van der Waals surface area contributed by atoms with Gasteiger partial charge in [-0.3, -0.25) is 15.1 Å². The highest BCUT2D eigenvalue weighted by atomic mass is 19.1. The zero-order valence-electron chi connectivity index (χ0n) is 15.4. The Bertz CT molecular complexity index is 575. The number of nitrogens with zero attached hydrogens (tertiary/aromatic N) is 2. The highest BCUT2D eigenvalue weighted by Crippen LogP contribution is 2.14. The van der Waals surface area contributed by atoms with Crippen molar-refractivity contribution in [1.29, 1.82) is 0 Å². The first-order valence-corrected chi connectivity index (χ1v) is 9.56. The highest BCUT2D eigenvalue weighted by molar-refractivity contribution is 5.82. The Hall–Kier alpha value is -1.70. The monoisotopic (exact) mass is 364 g/mol. The van der Waals surface area contributed by atoms with Crippen LogP contribution in [0.1, 0.15) is 26.2 Å². The Morgan fingerprint density at radius 2 is 1.92 bits per heavy atom. The molecule has 2 N–H and O–H groups in total. The van der Waals surface area contributed by atoms with E-state index in [4.69, 9.17) is 4.74 Å². The summed E-state index contributed by atoms with van der Waals surface area (Å²) in [5.41, 5.74) is 6.39. The third kappa shape index (κ3) is 5.16. The van der Waals surface area contributed by atoms with Crippen molar-refractivity contribution in [3.8, 4) is 5.75 Å². The number of rotatable bonds is 7. The van der Waals surface area contributed by atoms with Gasteiger partial charge in [0.25, 0.3) is 0 Å². The van der Waals surface area contributed by atoms with E-state index in [2.05, 4.69) is 22.7 Å². The van der Waals surface area contributed by atoms with Gasteiger partial charge in [-0.15, -0.1) is 0 Å². The van der Waals surface area contributed by atoms with Crippen molar-refractivity contribution in [2.75, 3.05) is 39.3 Å². The van der Waals surface area contributed by atoms with Crippen LogP contribution >= 0.6 is 0 Å². The molecule has 7 heteroatoms. The number of halogens is 1. The van der Waals surface area contributed by atoms with Crippen LogP contribution in [0, 0.1) is 5.82 Å². The number of piperazine rings is 1. The molecule has 0 saturated carbocycles. The van der Waals surface area contributed by atoms with Gasteiger partial charge in [0.1, 0.15) is 24.2 Å². The first kappa shape index (κ1) is 19.1. The van der Waals surface area contributed by atoms with Crippen molar-refractivity contribution in [3.05, 3.63) is 30.1 Å². The minimum absolute atomic E-state index is 0.0973. The fraction of sp³-hybridized carbons (Fsp3) is 0.632. The van der Waals surface area contributed by atoms with Crippen LogP contribution in [-0.2, 0) is 4.79 Å².